The zero-order valence-electron chi connectivity index (χ0n) is 10.6. The molecule has 2 bridgehead atoms. The van der Waals surface area contributed by atoms with Crippen LogP contribution in [0, 0.1) is 16.7 Å². The Morgan fingerprint density at radius 1 is 1.44 bits per heavy atom. The summed E-state index contributed by atoms with van der Waals surface area (Å²) in [7, 11) is 1.81. The number of nitrogens with one attached hydrogen (secondary N) is 2. The molecule has 0 amide bonds. The van der Waals surface area contributed by atoms with Crippen LogP contribution in [0.15, 0.2) is 5.10 Å². The third-order valence-electron chi connectivity index (χ3n) is 5.03. The number of hydrogen-bond donors (Lipinski definition) is 2. The maximum Gasteiger partial charge on any atom is 0.186 e. The van der Waals surface area contributed by atoms with Crippen LogP contribution in [-0.2, 0) is 0 Å². The van der Waals surface area contributed by atoms with Gasteiger partial charge in [-0.2, -0.15) is 5.10 Å². The van der Waals surface area contributed by atoms with Crippen molar-refractivity contribution >= 4 is 23.0 Å². The summed E-state index contributed by atoms with van der Waals surface area (Å²) in [5.41, 5.74) is 4.87. The minimum Gasteiger partial charge on any atom is -0.364 e. The molecule has 90 valence electrons. The summed E-state index contributed by atoms with van der Waals surface area (Å²) in [6.07, 6.45) is 3.74. The van der Waals surface area contributed by atoms with Gasteiger partial charge in [0.25, 0.3) is 0 Å². The Balaban J connectivity index is 2.18. The summed E-state index contributed by atoms with van der Waals surface area (Å²) in [5, 5.41) is 7.98. The highest BCUT2D eigenvalue weighted by molar-refractivity contribution is 7.80. The Morgan fingerprint density at radius 2 is 2.12 bits per heavy atom. The molecule has 16 heavy (non-hydrogen) atoms. The molecule has 0 heterocycles. The van der Waals surface area contributed by atoms with Gasteiger partial charge in [-0.05, 0) is 42.8 Å². The third-order valence-corrected chi connectivity index (χ3v) is 5.33. The maximum absolute atomic E-state index is 5.04. The van der Waals surface area contributed by atoms with E-state index in [0.29, 0.717) is 10.5 Å². The highest BCUT2D eigenvalue weighted by atomic mass is 32.1. The van der Waals surface area contributed by atoms with E-state index in [9.17, 15) is 0 Å². The molecule has 2 aliphatic rings. The normalized spacial score (nSPS) is 37.8. The lowest BCUT2D eigenvalue weighted by molar-refractivity contribution is 0.193. The second-order valence-corrected chi connectivity index (χ2v) is 6.15. The molecule has 0 aromatic rings. The molecule has 0 radical (unpaired) electrons. The predicted octanol–water partition coefficient (Wildman–Crippen LogP) is 2.28. The van der Waals surface area contributed by atoms with Gasteiger partial charge < -0.3 is 5.32 Å². The van der Waals surface area contributed by atoms with Gasteiger partial charge in [0.1, 0.15) is 0 Å². The summed E-state index contributed by atoms with van der Waals surface area (Å²) < 4.78 is 0. The van der Waals surface area contributed by atoms with Crippen LogP contribution in [0.1, 0.15) is 40.0 Å². The monoisotopic (exact) mass is 239 g/mol. The Bertz CT molecular complexity index is 348. The Morgan fingerprint density at radius 3 is 2.56 bits per heavy atom. The van der Waals surface area contributed by atoms with Crippen LogP contribution < -0.4 is 10.7 Å². The zero-order valence-corrected chi connectivity index (χ0v) is 11.4. The van der Waals surface area contributed by atoms with Crippen LogP contribution in [-0.4, -0.2) is 17.9 Å². The number of rotatable bonds is 1. The Labute approximate surface area is 103 Å². The molecule has 0 unspecified atom stereocenters. The summed E-state index contributed by atoms with van der Waals surface area (Å²) in [6.45, 7) is 7.11. The lowest BCUT2D eigenvalue weighted by Crippen LogP contribution is -2.35. The summed E-state index contributed by atoms with van der Waals surface area (Å²) in [4.78, 5) is 0. The van der Waals surface area contributed by atoms with E-state index < -0.39 is 0 Å². The molecular weight excluding hydrogens is 218 g/mol. The highest BCUT2D eigenvalue weighted by Crippen LogP contribution is 2.63. The molecule has 0 aromatic carbocycles. The minimum atomic E-state index is 0.258. The molecule has 0 aromatic heterocycles. The molecule has 2 rings (SSSR count). The fourth-order valence-corrected chi connectivity index (χ4v) is 3.32. The first kappa shape index (κ1) is 11.8. The average Bonchev–Trinajstić information content (AvgIpc) is 2.58. The molecule has 2 atom stereocenters. The van der Waals surface area contributed by atoms with E-state index in [0.717, 1.165) is 12.3 Å². The fourth-order valence-electron chi connectivity index (χ4n) is 3.27. The molecular formula is C12H21N3S. The molecule has 2 saturated carbocycles. The minimum absolute atomic E-state index is 0.258. The van der Waals surface area contributed by atoms with Gasteiger partial charge in [0.15, 0.2) is 5.11 Å². The quantitative estimate of drug-likeness (QED) is 0.544. The van der Waals surface area contributed by atoms with Crippen LogP contribution >= 0.6 is 12.2 Å². The van der Waals surface area contributed by atoms with E-state index in [1.807, 2.05) is 7.05 Å². The molecule has 2 aliphatic carbocycles. The lowest BCUT2D eigenvalue weighted by Gasteiger charge is -2.34. The van der Waals surface area contributed by atoms with Crippen molar-refractivity contribution in [2.24, 2.45) is 21.8 Å². The maximum atomic E-state index is 5.04. The first-order valence-electron chi connectivity index (χ1n) is 5.96. The Hall–Kier alpha value is -0.640. The van der Waals surface area contributed by atoms with Gasteiger partial charge in [0.2, 0.25) is 0 Å². The van der Waals surface area contributed by atoms with Crippen molar-refractivity contribution in [3.05, 3.63) is 0 Å². The van der Waals surface area contributed by atoms with Crippen LogP contribution in [0.5, 0.6) is 0 Å². The first-order chi connectivity index (χ1) is 7.41. The summed E-state index contributed by atoms with van der Waals surface area (Å²) in [6, 6.07) is 0. The first-order valence-corrected chi connectivity index (χ1v) is 6.37. The van der Waals surface area contributed by atoms with Crippen LogP contribution in [0.25, 0.3) is 0 Å². The zero-order chi connectivity index (χ0) is 12.0. The number of hydrogen-bond acceptors (Lipinski definition) is 2. The van der Waals surface area contributed by atoms with E-state index in [2.05, 4.69) is 36.6 Å². The highest BCUT2D eigenvalue weighted by Gasteiger charge is 2.59. The number of nitrogens with zero attached hydrogens (tertiary/aromatic N) is 1. The van der Waals surface area contributed by atoms with Crippen LogP contribution in [0.4, 0.5) is 0 Å². The molecule has 0 spiro atoms. The van der Waals surface area contributed by atoms with Gasteiger partial charge in [-0.15, -0.1) is 0 Å². The number of thiocarbonyl (C=S) groups is 1. The molecule has 0 aliphatic heterocycles. The van der Waals surface area contributed by atoms with Crippen molar-refractivity contribution in [1.82, 2.24) is 10.7 Å². The van der Waals surface area contributed by atoms with Crippen molar-refractivity contribution in [2.45, 2.75) is 40.0 Å². The van der Waals surface area contributed by atoms with Gasteiger partial charge in [-0.1, -0.05) is 20.8 Å². The molecule has 2 N–H and O–H groups in total. The smallest absolute Gasteiger partial charge is 0.186 e. The summed E-state index contributed by atoms with van der Waals surface area (Å²) >= 11 is 5.04. The van der Waals surface area contributed by atoms with E-state index in [-0.39, 0.29) is 5.41 Å². The van der Waals surface area contributed by atoms with E-state index in [1.165, 1.54) is 18.6 Å². The van der Waals surface area contributed by atoms with Gasteiger partial charge >= 0.3 is 0 Å². The van der Waals surface area contributed by atoms with Crippen molar-refractivity contribution in [1.29, 1.82) is 0 Å². The van der Waals surface area contributed by atoms with Crippen molar-refractivity contribution in [3.8, 4) is 0 Å². The van der Waals surface area contributed by atoms with E-state index in [1.54, 1.807) is 0 Å². The largest absolute Gasteiger partial charge is 0.364 e. The number of hydrazone groups is 1. The van der Waals surface area contributed by atoms with Crippen LogP contribution in [0.3, 0.4) is 0 Å². The van der Waals surface area contributed by atoms with Crippen molar-refractivity contribution in [2.75, 3.05) is 7.05 Å². The molecule has 2 fully saturated rings. The molecule has 0 saturated heterocycles. The predicted molar refractivity (Wildman–Crippen MR) is 71.5 cm³/mol. The van der Waals surface area contributed by atoms with E-state index in [4.69, 9.17) is 12.2 Å². The van der Waals surface area contributed by atoms with Gasteiger partial charge in [-0.3, -0.25) is 5.43 Å². The topological polar surface area (TPSA) is 36.4 Å². The molecule has 4 heteroatoms. The van der Waals surface area contributed by atoms with Gasteiger partial charge in [0.05, 0.1) is 0 Å². The van der Waals surface area contributed by atoms with E-state index >= 15 is 0 Å². The van der Waals surface area contributed by atoms with Crippen LogP contribution in [0.2, 0.25) is 0 Å². The second-order valence-electron chi connectivity index (χ2n) is 5.74. The van der Waals surface area contributed by atoms with Crippen molar-refractivity contribution < 1.29 is 0 Å². The lowest BCUT2D eigenvalue weighted by atomic mass is 9.70. The van der Waals surface area contributed by atoms with Gasteiger partial charge in [0, 0.05) is 18.2 Å². The SMILES string of the molecule is CNC(=S)N/N=C1/C[C@H]2CC[C@@]1(C)C2(C)C. The molecule has 3 nitrogen and oxygen atoms in total. The standard InChI is InChI=1S/C12H21N3S/c1-11(2)8-5-6-12(11,3)9(7-8)14-15-10(16)13-4/h8H,5-7H2,1-4H3,(H2,13,15,16)/b14-9-/t8-,12-/m1/s1. The summed E-state index contributed by atoms with van der Waals surface area (Å²) in [5.74, 6) is 0.793. The van der Waals surface area contributed by atoms with Gasteiger partial charge in [-0.25, -0.2) is 0 Å². The third kappa shape index (κ3) is 1.46. The Kier molecular flexibility index (Phi) is 2.73. The number of fused-ring (bicyclic) bond motifs is 2. The van der Waals surface area contributed by atoms with Crippen molar-refractivity contribution in [3.63, 3.8) is 0 Å². The fraction of sp³-hybridized carbons (Fsp3) is 0.833. The average molecular weight is 239 g/mol. The second kappa shape index (κ2) is 3.69.